The van der Waals surface area contributed by atoms with Crippen LogP contribution in [0.5, 0.6) is 0 Å². The van der Waals surface area contributed by atoms with Gasteiger partial charge in [-0.2, -0.15) is 18.4 Å². The number of alkyl halides is 3. The van der Waals surface area contributed by atoms with Crippen molar-refractivity contribution in [3.63, 3.8) is 0 Å². The number of nitriles is 1. The Morgan fingerprint density at radius 3 is 2.53 bits per heavy atom. The minimum Gasteiger partial charge on any atom is -0.383 e. The van der Waals surface area contributed by atoms with E-state index in [0.717, 1.165) is 10.9 Å². The molecule has 1 fully saturated rings. The Labute approximate surface area is 262 Å². The third kappa shape index (κ3) is 6.11. The summed E-state index contributed by atoms with van der Waals surface area (Å²) in [6.07, 6.45) is -2.30. The van der Waals surface area contributed by atoms with E-state index in [9.17, 15) is 23.2 Å². The van der Waals surface area contributed by atoms with Crippen LogP contribution in [-0.2, 0) is 5.54 Å². The number of aromatic nitrogens is 4. The van der Waals surface area contributed by atoms with Crippen molar-refractivity contribution in [1.29, 1.82) is 5.26 Å². The first-order valence-electron chi connectivity index (χ1n) is 14.1. The van der Waals surface area contributed by atoms with E-state index in [2.05, 4.69) is 32.0 Å². The molecule has 2 N–H and O–H groups in total. The fourth-order valence-corrected chi connectivity index (χ4v) is 5.28. The van der Waals surface area contributed by atoms with Crippen molar-refractivity contribution < 1.29 is 22.4 Å². The topological polar surface area (TPSA) is 112 Å². The van der Waals surface area contributed by atoms with E-state index < -0.39 is 29.5 Å². The van der Waals surface area contributed by atoms with E-state index in [-0.39, 0.29) is 45.7 Å². The first-order valence-corrected chi connectivity index (χ1v) is 14.5. The Morgan fingerprint density at radius 2 is 1.93 bits per heavy atom. The summed E-state index contributed by atoms with van der Waals surface area (Å²) in [6, 6.07) is 8.39. The minimum atomic E-state index is -4.56. The highest BCUT2D eigenvalue weighted by Gasteiger charge is 2.66. The summed E-state index contributed by atoms with van der Waals surface area (Å²) in [7, 11) is 2.96. The zero-order valence-corrected chi connectivity index (χ0v) is 26.0. The lowest BCUT2D eigenvalue weighted by molar-refractivity contribution is -0.182. The van der Waals surface area contributed by atoms with E-state index in [0.29, 0.717) is 28.8 Å². The van der Waals surface area contributed by atoms with Crippen LogP contribution < -0.4 is 10.6 Å². The van der Waals surface area contributed by atoms with Gasteiger partial charge in [0.15, 0.2) is 5.54 Å². The Morgan fingerprint density at radius 1 is 1.22 bits per heavy atom. The van der Waals surface area contributed by atoms with Crippen molar-refractivity contribution in [2.75, 3.05) is 31.3 Å². The van der Waals surface area contributed by atoms with Crippen LogP contribution in [0.1, 0.15) is 66.8 Å². The molecule has 14 heteroatoms. The van der Waals surface area contributed by atoms with Gasteiger partial charge in [0, 0.05) is 43.5 Å². The quantitative estimate of drug-likeness (QED) is 0.201. The zero-order chi connectivity index (χ0) is 32.9. The summed E-state index contributed by atoms with van der Waals surface area (Å²) in [4.78, 5) is 18.3. The maximum atomic E-state index is 16.1. The average molecular weight is 643 g/mol. The Hall–Kier alpha value is -4.44. The van der Waals surface area contributed by atoms with E-state index in [4.69, 9.17) is 11.6 Å². The minimum absolute atomic E-state index is 0.00919. The molecule has 1 saturated carbocycles. The second kappa shape index (κ2) is 11.5. The van der Waals surface area contributed by atoms with Crippen LogP contribution in [-0.4, -0.2) is 57.6 Å². The summed E-state index contributed by atoms with van der Waals surface area (Å²) >= 11 is 6.66. The molecule has 0 bridgehead atoms. The molecule has 1 amide bonds. The van der Waals surface area contributed by atoms with Gasteiger partial charge in [-0.05, 0) is 36.5 Å². The lowest BCUT2D eigenvalue weighted by Crippen LogP contribution is -2.35. The predicted molar refractivity (Wildman–Crippen MR) is 163 cm³/mol. The highest BCUT2D eigenvalue weighted by molar-refractivity contribution is 6.35. The number of halogens is 5. The molecule has 0 aliphatic heterocycles. The molecule has 1 aliphatic rings. The van der Waals surface area contributed by atoms with E-state index in [1.165, 1.54) is 43.4 Å². The van der Waals surface area contributed by atoms with E-state index in [1.807, 2.05) is 20.8 Å². The summed E-state index contributed by atoms with van der Waals surface area (Å²) in [6.45, 7) is 6.60. The highest BCUT2D eigenvalue weighted by atomic mass is 35.5. The maximum Gasteiger partial charge on any atom is 0.413 e. The summed E-state index contributed by atoms with van der Waals surface area (Å²) < 4.78 is 58.6. The Balaban J connectivity index is 1.65. The number of fused-ring (bicyclic) bond motifs is 1. The first kappa shape index (κ1) is 32.0. The van der Waals surface area contributed by atoms with Crippen molar-refractivity contribution in [2.24, 2.45) is 5.41 Å². The molecule has 1 unspecified atom stereocenters. The number of amides is 1. The highest BCUT2D eigenvalue weighted by Crippen LogP contribution is 2.55. The number of carbonyl (C=O) groups is 1. The number of hydrogen-bond donors (Lipinski definition) is 2. The molecule has 9 nitrogen and oxygen atoms in total. The summed E-state index contributed by atoms with van der Waals surface area (Å²) in [5.41, 5.74) is -1.07. The second-order valence-electron chi connectivity index (χ2n) is 12.5. The molecule has 236 valence electrons. The van der Waals surface area contributed by atoms with Crippen molar-refractivity contribution in [1.82, 2.24) is 24.9 Å². The smallest absolute Gasteiger partial charge is 0.383 e. The molecule has 1 atom stereocenters. The molecule has 2 aromatic heterocycles. The number of nitrogens with zero attached hydrogens (tertiary/aromatic N) is 6. The van der Waals surface area contributed by atoms with Crippen molar-refractivity contribution in [2.45, 2.75) is 51.4 Å². The summed E-state index contributed by atoms with van der Waals surface area (Å²) in [5.74, 6) is -1.46. The largest absolute Gasteiger partial charge is 0.413 e. The molecule has 2 heterocycles. The number of rotatable bonds is 8. The maximum absolute atomic E-state index is 16.1. The molecule has 0 spiro atoms. The lowest BCUT2D eigenvalue weighted by Gasteiger charge is -2.23. The van der Waals surface area contributed by atoms with Crippen LogP contribution in [0, 0.1) is 22.6 Å². The number of carbonyl (C=O) groups excluding carboxylic acids is 1. The number of hydrogen-bond acceptors (Lipinski definition) is 7. The third-order valence-electron chi connectivity index (χ3n) is 7.62. The van der Waals surface area contributed by atoms with Gasteiger partial charge >= 0.3 is 6.18 Å². The van der Waals surface area contributed by atoms with E-state index >= 15 is 4.39 Å². The van der Waals surface area contributed by atoms with Crippen LogP contribution in [0.15, 0.2) is 42.7 Å². The lowest BCUT2D eigenvalue weighted by atomic mass is 9.96. The van der Waals surface area contributed by atoms with Gasteiger partial charge in [0.2, 0.25) is 0 Å². The first-order chi connectivity index (χ1) is 21.1. The molecule has 2 aromatic carbocycles. The zero-order valence-electron chi connectivity index (χ0n) is 25.2. The van der Waals surface area contributed by atoms with Gasteiger partial charge in [0.1, 0.15) is 23.6 Å². The third-order valence-corrected chi connectivity index (χ3v) is 7.91. The second-order valence-corrected chi connectivity index (χ2v) is 12.9. The molecule has 45 heavy (non-hydrogen) atoms. The van der Waals surface area contributed by atoms with Crippen LogP contribution in [0.25, 0.3) is 10.9 Å². The SMILES string of the molecule is CN(C)C(=O)c1cccc(C(Nc2cc(Cl)c3ncc(C#N)c(NCC(C)(C)C)c3c2)c2cn(C3(C(F)(F)F)CC3)nn2)c1F. The monoisotopic (exact) mass is 642 g/mol. The van der Waals surface area contributed by atoms with Gasteiger partial charge in [0.25, 0.3) is 5.91 Å². The van der Waals surface area contributed by atoms with Crippen LogP contribution >= 0.6 is 11.6 Å². The van der Waals surface area contributed by atoms with Gasteiger partial charge in [0.05, 0.1) is 33.6 Å². The number of benzene rings is 2. The van der Waals surface area contributed by atoms with Crippen LogP contribution in [0.4, 0.5) is 28.9 Å². The predicted octanol–water partition coefficient (Wildman–Crippen LogP) is 6.90. The van der Waals surface area contributed by atoms with Crippen molar-refractivity contribution in [3.05, 3.63) is 75.9 Å². The number of anilines is 2. The fraction of sp³-hybridized carbons (Fsp3) is 0.387. The molecule has 5 rings (SSSR count). The molecule has 4 aromatic rings. The number of nitrogens with one attached hydrogen (secondary N) is 2. The van der Waals surface area contributed by atoms with Gasteiger partial charge in [-0.3, -0.25) is 9.78 Å². The van der Waals surface area contributed by atoms with Gasteiger partial charge in [-0.15, -0.1) is 5.10 Å². The average Bonchev–Trinajstić information content (AvgIpc) is 3.65. The summed E-state index contributed by atoms with van der Waals surface area (Å²) in [5, 5.41) is 24.8. The van der Waals surface area contributed by atoms with E-state index in [1.54, 1.807) is 12.1 Å². The fourth-order valence-electron chi connectivity index (χ4n) is 5.01. The molecular weight excluding hydrogens is 612 g/mol. The van der Waals surface area contributed by atoms with Gasteiger partial charge in [-0.1, -0.05) is 49.7 Å². The molecule has 0 saturated heterocycles. The number of pyridine rings is 1. The Kier molecular flexibility index (Phi) is 8.16. The molecular formula is C31H31ClF4N8O. The Bertz CT molecular complexity index is 1820. The van der Waals surface area contributed by atoms with Gasteiger partial charge in [-0.25, -0.2) is 9.07 Å². The van der Waals surface area contributed by atoms with Crippen molar-refractivity contribution in [3.8, 4) is 6.07 Å². The van der Waals surface area contributed by atoms with Crippen molar-refractivity contribution >= 4 is 39.8 Å². The normalized spacial score (nSPS) is 15.0. The van der Waals surface area contributed by atoms with Crippen LogP contribution in [0.2, 0.25) is 5.02 Å². The standard InChI is InChI=1S/C31H31ClF4N8O/c1-29(2,3)16-39-25-17(13-37)14-38-26-21(25)11-18(12-22(26)32)40-27(19-7-6-8-20(24(19)33)28(45)43(4)5)23-15-44(42-41-23)30(9-10-30)31(34,35)36/h6-8,11-12,14-15,27,40H,9-10,16H2,1-5H3,(H,38,39). The molecule has 1 aliphatic carbocycles. The molecule has 0 radical (unpaired) electrons. The van der Waals surface area contributed by atoms with Crippen LogP contribution in [0.3, 0.4) is 0 Å². The van der Waals surface area contributed by atoms with Gasteiger partial charge < -0.3 is 15.5 Å².